The zero-order chi connectivity index (χ0) is 23.2. The number of carbonyl (C=O) groups excluding carboxylic acids is 1. The van der Waals surface area contributed by atoms with Crippen LogP contribution in [0.2, 0.25) is 5.02 Å². The minimum atomic E-state index is -0.493. The summed E-state index contributed by atoms with van der Waals surface area (Å²) in [6, 6.07) is 28.5. The second kappa shape index (κ2) is 10.4. The lowest BCUT2D eigenvalue weighted by Gasteiger charge is -2.10. The summed E-state index contributed by atoms with van der Waals surface area (Å²) in [5.41, 5.74) is 2.31. The van der Waals surface area contributed by atoms with Crippen molar-refractivity contribution in [2.24, 2.45) is 0 Å². The molecule has 0 aliphatic carbocycles. The summed E-state index contributed by atoms with van der Waals surface area (Å²) in [6.07, 6.45) is 1.53. The Labute approximate surface area is 205 Å². The first-order valence-electron chi connectivity index (χ1n) is 10.1. The van der Waals surface area contributed by atoms with Crippen LogP contribution in [0.5, 0.6) is 5.75 Å². The van der Waals surface area contributed by atoms with Crippen molar-refractivity contribution in [2.75, 3.05) is 5.32 Å². The molecule has 0 bridgehead atoms. The van der Waals surface area contributed by atoms with Crippen molar-refractivity contribution in [3.63, 3.8) is 0 Å². The minimum absolute atomic E-state index is 0.0123. The summed E-state index contributed by atoms with van der Waals surface area (Å²) in [4.78, 5) is 12.5. The molecule has 0 radical (unpaired) electrons. The Bertz CT molecular complexity index is 1390. The van der Waals surface area contributed by atoms with Crippen molar-refractivity contribution < 1.29 is 9.53 Å². The molecule has 4 aromatic rings. The third-order valence-corrected chi connectivity index (χ3v) is 5.81. The molecule has 1 N–H and O–H groups in total. The first-order chi connectivity index (χ1) is 16.0. The van der Waals surface area contributed by atoms with Gasteiger partial charge in [-0.25, -0.2) is 0 Å². The Balaban J connectivity index is 1.45. The Morgan fingerprint density at radius 1 is 1.00 bits per heavy atom. The van der Waals surface area contributed by atoms with Gasteiger partial charge in [0, 0.05) is 10.7 Å². The van der Waals surface area contributed by atoms with Gasteiger partial charge in [0.1, 0.15) is 24.0 Å². The van der Waals surface area contributed by atoms with E-state index in [1.807, 2.05) is 36.4 Å². The number of amides is 1. The van der Waals surface area contributed by atoms with Crippen molar-refractivity contribution in [1.82, 2.24) is 0 Å². The molecule has 4 rings (SSSR count). The molecule has 0 aliphatic rings. The van der Waals surface area contributed by atoms with Gasteiger partial charge in [-0.3, -0.25) is 4.79 Å². The molecule has 4 nitrogen and oxygen atoms in total. The number of halogens is 2. The topological polar surface area (TPSA) is 62.1 Å². The Hall–Kier alpha value is -3.59. The van der Waals surface area contributed by atoms with Crippen LogP contribution in [0.15, 0.2) is 95.0 Å². The molecule has 0 fully saturated rings. The molecule has 0 heterocycles. The van der Waals surface area contributed by atoms with Crippen LogP contribution in [0.4, 0.5) is 5.69 Å². The van der Waals surface area contributed by atoms with Gasteiger partial charge < -0.3 is 10.1 Å². The van der Waals surface area contributed by atoms with Crippen LogP contribution in [0, 0.1) is 11.3 Å². The quantitative estimate of drug-likeness (QED) is 0.214. The number of nitrogens with zero attached hydrogens (tertiary/aromatic N) is 1. The number of benzene rings is 4. The molecule has 4 aromatic carbocycles. The number of anilines is 1. The summed E-state index contributed by atoms with van der Waals surface area (Å²) in [5.74, 6) is 0.178. The molecular formula is C27H18BrClN2O2. The van der Waals surface area contributed by atoms with E-state index in [-0.39, 0.29) is 5.57 Å². The fraction of sp³-hybridized carbons (Fsp3) is 0.0370. The number of hydrogen-bond donors (Lipinski definition) is 1. The standard InChI is InChI=1S/C27H18BrClN2O2/c28-25-15-18(13-22(16-30)27(32)31-24-10-8-23(29)9-11-24)6-12-26(25)33-17-19-5-7-20-3-1-2-4-21(20)14-19/h1-15H,17H2,(H,31,32)/b22-13-. The van der Waals surface area contributed by atoms with Crippen LogP contribution in [0.25, 0.3) is 16.8 Å². The molecule has 0 aromatic heterocycles. The van der Waals surface area contributed by atoms with Gasteiger partial charge in [0.25, 0.3) is 5.91 Å². The maximum absolute atomic E-state index is 12.5. The predicted octanol–water partition coefficient (Wildman–Crippen LogP) is 7.38. The largest absolute Gasteiger partial charge is 0.488 e. The first-order valence-corrected chi connectivity index (χ1v) is 11.3. The zero-order valence-electron chi connectivity index (χ0n) is 17.4. The molecule has 0 atom stereocenters. The van der Waals surface area contributed by atoms with E-state index in [1.165, 1.54) is 16.8 Å². The predicted molar refractivity (Wildman–Crippen MR) is 136 cm³/mol. The normalized spacial score (nSPS) is 11.1. The van der Waals surface area contributed by atoms with Gasteiger partial charge in [-0.1, -0.05) is 54.1 Å². The first kappa shape index (κ1) is 22.6. The molecule has 1 amide bonds. The zero-order valence-corrected chi connectivity index (χ0v) is 19.7. The Morgan fingerprint density at radius 3 is 2.48 bits per heavy atom. The van der Waals surface area contributed by atoms with Gasteiger partial charge in [0.05, 0.1) is 4.47 Å². The maximum atomic E-state index is 12.5. The lowest BCUT2D eigenvalue weighted by atomic mass is 10.1. The van der Waals surface area contributed by atoms with Crippen LogP contribution < -0.4 is 10.1 Å². The number of nitriles is 1. The van der Waals surface area contributed by atoms with Gasteiger partial charge in [-0.05, 0) is 86.4 Å². The summed E-state index contributed by atoms with van der Waals surface area (Å²) in [5, 5.41) is 15.1. The van der Waals surface area contributed by atoms with Gasteiger partial charge in [0.2, 0.25) is 0 Å². The van der Waals surface area contributed by atoms with Crippen LogP contribution in [-0.2, 0) is 11.4 Å². The number of hydrogen-bond acceptors (Lipinski definition) is 3. The number of ether oxygens (including phenoxy) is 1. The highest BCUT2D eigenvalue weighted by Gasteiger charge is 2.11. The lowest BCUT2D eigenvalue weighted by Crippen LogP contribution is -2.13. The van der Waals surface area contributed by atoms with Gasteiger partial charge in [-0.15, -0.1) is 0 Å². The summed E-state index contributed by atoms with van der Waals surface area (Å²) >= 11 is 9.38. The minimum Gasteiger partial charge on any atom is -0.488 e. The molecule has 0 unspecified atom stereocenters. The monoisotopic (exact) mass is 516 g/mol. The third kappa shape index (κ3) is 5.81. The van der Waals surface area contributed by atoms with Crippen LogP contribution in [0.3, 0.4) is 0 Å². The number of fused-ring (bicyclic) bond motifs is 1. The average Bonchev–Trinajstić information content (AvgIpc) is 2.83. The van der Waals surface area contributed by atoms with E-state index in [0.29, 0.717) is 28.6 Å². The SMILES string of the molecule is N#C/C(=C/c1ccc(OCc2ccc3ccccc3c2)c(Br)c1)C(=O)Nc1ccc(Cl)cc1. The van der Waals surface area contributed by atoms with E-state index in [0.717, 1.165) is 10.0 Å². The van der Waals surface area contributed by atoms with E-state index in [2.05, 4.69) is 45.5 Å². The maximum Gasteiger partial charge on any atom is 0.266 e. The van der Waals surface area contributed by atoms with Crippen molar-refractivity contribution in [1.29, 1.82) is 5.26 Å². The second-order valence-corrected chi connectivity index (χ2v) is 8.58. The Morgan fingerprint density at radius 2 is 1.76 bits per heavy atom. The van der Waals surface area contributed by atoms with Crippen molar-refractivity contribution in [3.8, 4) is 11.8 Å². The summed E-state index contributed by atoms with van der Waals surface area (Å²) < 4.78 is 6.70. The fourth-order valence-corrected chi connectivity index (χ4v) is 3.90. The van der Waals surface area contributed by atoms with Gasteiger partial charge in [-0.2, -0.15) is 5.26 Å². The fourth-order valence-electron chi connectivity index (χ4n) is 3.26. The van der Waals surface area contributed by atoms with E-state index >= 15 is 0 Å². The molecule has 0 aliphatic heterocycles. The van der Waals surface area contributed by atoms with E-state index in [4.69, 9.17) is 16.3 Å². The second-order valence-electron chi connectivity index (χ2n) is 7.29. The highest BCUT2D eigenvalue weighted by Crippen LogP contribution is 2.28. The van der Waals surface area contributed by atoms with Crippen molar-refractivity contribution in [2.45, 2.75) is 6.61 Å². The smallest absolute Gasteiger partial charge is 0.266 e. The van der Waals surface area contributed by atoms with Crippen LogP contribution in [0.1, 0.15) is 11.1 Å². The number of rotatable bonds is 6. The molecule has 33 heavy (non-hydrogen) atoms. The Kier molecular flexibility index (Phi) is 7.09. The summed E-state index contributed by atoms with van der Waals surface area (Å²) in [7, 11) is 0. The molecule has 6 heteroatoms. The van der Waals surface area contributed by atoms with E-state index < -0.39 is 5.91 Å². The molecule has 0 saturated heterocycles. The van der Waals surface area contributed by atoms with Crippen molar-refractivity contribution in [3.05, 3.63) is 111 Å². The van der Waals surface area contributed by atoms with Gasteiger partial charge >= 0.3 is 0 Å². The molecule has 0 saturated carbocycles. The highest BCUT2D eigenvalue weighted by atomic mass is 79.9. The molecular weight excluding hydrogens is 500 g/mol. The number of nitrogens with one attached hydrogen (secondary N) is 1. The summed E-state index contributed by atoms with van der Waals surface area (Å²) in [6.45, 7) is 0.422. The van der Waals surface area contributed by atoms with Gasteiger partial charge in [0.15, 0.2) is 0 Å². The molecule has 162 valence electrons. The van der Waals surface area contributed by atoms with E-state index in [9.17, 15) is 10.1 Å². The van der Waals surface area contributed by atoms with E-state index in [1.54, 1.807) is 30.3 Å². The van der Waals surface area contributed by atoms with Crippen LogP contribution in [-0.4, -0.2) is 5.91 Å². The lowest BCUT2D eigenvalue weighted by molar-refractivity contribution is -0.112. The average molecular weight is 518 g/mol. The number of carbonyl (C=O) groups is 1. The molecule has 0 spiro atoms. The third-order valence-electron chi connectivity index (χ3n) is 4.94. The van der Waals surface area contributed by atoms with Crippen LogP contribution >= 0.6 is 27.5 Å². The van der Waals surface area contributed by atoms with Crippen molar-refractivity contribution >= 4 is 56.0 Å². The highest BCUT2D eigenvalue weighted by molar-refractivity contribution is 9.10.